The van der Waals surface area contributed by atoms with Crippen molar-refractivity contribution in [2.24, 2.45) is 0 Å². The lowest BCUT2D eigenvalue weighted by Crippen LogP contribution is -3.15. The van der Waals surface area contributed by atoms with E-state index in [0.29, 0.717) is 6.54 Å². The zero-order chi connectivity index (χ0) is 15.6. The third-order valence-corrected chi connectivity index (χ3v) is 4.62. The van der Waals surface area contributed by atoms with Crippen LogP contribution in [0.1, 0.15) is 17.2 Å². The van der Waals surface area contributed by atoms with E-state index in [9.17, 15) is 4.79 Å². The van der Waals surface area contributed by atoms with E-state index in [1.807, 2.05) is 24.3 Å². The van der Waals surface area contributed by atoms with Crippen LogP contribution in [-0.2, 0) is 14.3 Å². The standard InChI is InChI=1S/C19H19NO3/c21-18(13-20-9-11-22-12-10-20)23-19-16-7-3-1-5-14(16)15-6-2-4-8-17(15)19/h1-8,19H,9-13H2/p+1. The smallest absolute Gasteiger partial charge is 0.362 e. The lowest BCUT2D eigenvalue weighted by Gasteiger charge is -2.23. The van der Waals surface area contributed by atoms with Crippen molar-refractivity contribution in [1.82, 2.24) is 0 Å². The molecule has 0 bridgehead atoms. The molecular weight excluding hydrogens is 290 g/mol. The van der Waals surface area contributed by atoms with E-state index in [4.69, 9.17) is 9.47 Å². The molecule has 2 aromatic carbocycles. The molecule has 118 valence electrons. The third-order valence-electron chi connectivity index (χ3n) is 4.62. The summed E-state index contributed by atoms with van der Waals surface area (Å²) in [5, 5.41) is 0. The monoisotopic (exact) mass is 310 g/mol. The van der Waals surface area contributed by atoms with Crippen LogP contribution >= 0.6 is 0 Å². The number of carbonyl (C=O) groups excluding carboxylic acids is 1. The molecule has 1 fully saturated rings. The van der Waals surface area contributed by atoms with E-state index in [-0.39, 0.29) is 12.1 Å². The molecule has 0 atom stereocenters. The predicted molar refractivity (Wildman–Crippen MR) is 86.2 cm³/mol. The number of hydrogen-bond acceptors (Lipinski definition) is 3. The number of morpholine rings is 1. The Hall–Kier alpha value is -2.17. The van der Waals surface area contributed by atoms with Crippen molar-refractivity contribution in [2.75, 3.05) is 32.8 Å². The summed E-state index contributed by atoms with van der Waals surface area (Å²) in [6, 6.07) is 16.3. The van der Waals surface area contributed by atoms with E-state index < -0.39 is 0 Å². The summed E-state index contributed by atoms with van der Waals surface area (Å²) in [7, 11) is 0. The second-order valence-corrected chi connectivity index (χ2v) is 6.08. The van der Waals surface area contributed by atoms with Crippen molar-refractivity contribution < 1.29 is 19.2 Å². The molecule has 2 aromatic rings. The Morgan fingerprint density at radius 1 is 1.00 bits per heavy atom. The average molecular weight is 310 g/mol. The van der Waals surface area contributed by atoms with Gasteiger partial charge in [-0.2, -0.15) is 0 Å². The lowest BCUT2D eigenvalue weighted by molar-refractivity contribution is -0.900. The van der Waals surface area contributed by atoms with Crippen LogP contribution in [0.2, 0.25) is 0 Å². The Morgan fingerprint density at radius 3 is 2.17 bits per heavy atom. The number of hydrogen-bond donors (Lipinski definition) is 1. The molecule has 2 aliphatic rings. The first-order valence-corrected chi connectivity index (χ1v) is 8.12. The van der Waals surface area contributed by atoms with Gasteiger partial charge in [-0.3, -0.25) is 0 Å². The van der Waals surface area contributed by atoms with Crippen molar-refractivity contribution in [2.45, 2.75) is 6.10 Å². The molecule has 4 nitrogen and oxygen atoms in total. The van der Waals surface area contributed by atoms with Crippen LogP contribution in [0.4, 0.5) is 0 Å². The summed E-state index contributed by atoms with van der Waals surface area (Å²) in [5.74, 6) is -0.140. The van der Waals surface area contributed by atoms with Crippen LogP contribution in [0.15, 0.2) is 48.5 Å². The Labute approximate surface area is 135 Å². The maximum Gasteiger partial charge on any atom is 0.362 e. The van der Waals surface area contributed by atoms with E-state index in [0.717, 1.165) is 37.4 Å². The number of nitrogens with one attached hydrogen (secondary N) is 1. The summed E-state index contributed by atoms with van der Waals surface area (Å²) >= 11 is 0. The number of rotatable bonds is 3. The summed E-state index contributed by atoms with van der Waals surface area (Å²) in [6.07, 6.45) is -0.282. The van der Waals surface area contributed by atoms with E-state index >= 15 is 0 Å². The Morgan fingerprint density at radius 2 is 1.57 bits per heavy atom. The summed E-state index contributed by atoms with van der Waals surface area (Å²) in [6.45, 7) is 3.58. The molecule has 1 aliphatic heterocycles. The van der Waals surface area contributed by atoms with Gasteiger partial charge in [0.15, 0.2) is 12.6 Å². The maximum absolute atomic E-state index is 12.4. The van der Waals surface area contributed by atoms with Gasteiger partial charge in [0, 0.05) is 11.1 Å². The zero-order valence-corrected chi connectivity index (χ0v) is 13.0. The normalized spacial score (nSPS) is 17.6. The molecule has 1 saturated heterocycles. The summed E-state index contributed by atoms with van der Waals surface area (Å²) in [5.41, 5.74) is 4.50. The molecule has 0 spiro atoms. The minimum Gasteiger partial charge on any atom is -0.448 e. The molecule has 0 unspecified atom stereocenters. The van der Waals surface area contributed by atoms with Crippen LogP contribution in [0.3, 0.4) is 0 Å². The first-order valence-electron chi connectivity index (χ1n) is 8.12. The SMILES string of the molecule is O=C(C[NH+]1CCOCC1)OC1c2ccccc2-c2ccccc21. The largest absolute Gasteiger partial charge is 0.448 e. The minimum absolute atomic E-state index is 0.140. The first-order chi connectivity index (χ1) is 11.3. The van der Waals surface area contributed by atoms with Gasteiger partial charge < -0.3 is 14.4 Å². The van der Waals surface area contributed by atoms with Gasteiger partial charge in [0.2, 0.25) is 0 Å². The van der Waals surface area contributed by atoms with Crippen molar-refractivity contribution in [3.8, 4) is 11.1 Å². The van der Waals surface area contributed by atoms with Crippen LogP contribution in [-0.4, -0.2) is 38.8 Å². The van der Waals surface area contributed by atoms with Crippen LogP contribution in [0.25, 0.3) is 11.1 Å². The highest BCUT2D eigenvalue weighted by Crippen LogP contribution is 2.44. The Balaban J connectivity index is 1.55. The third kappa shape index (κ3) is 2.76. The number of esters is 1. The van der Waals surface area contributed by atoms with Gasteiger partial charge in [0.1, 0.15) is 13.1 Å². The van der Waals surface area contributed by atoms with Gasteiger partial charge >= 0.3 is 5.97 Å². The number of quaternary nitrogens is 1. The molecule has 0 radical (unpaired) electrons. The van der Waals surface area contributed by atoms with Gasteiger partial charge in [-0.05, 0) is 11.1 Å². The minimum atomic E-state index is -0.282. The fourth-order valence-corrected chi connectivity index (χ4v) is 3.45. The van der Waals surface area contributed by atoms with Gasteiger partial charge in [-0.1, -0.05) is 48.5 Å². The molecule has 1 N–H and O–H groups in total. The number of ether oxygens (including phenoxy) is 2. The van der Waals surface area contributed by atoms with E-state index in [1.165, 1.54) is 16.0 Å². The van der Waals surface area contributed by atoms with Crippen molar-refractivity contribution in [1.29, 1.82) is 0 Å². The summed E-state index contributed by atoms with van der Waals surface area (Å²) in [4.78, 5) is 13.6. The van der Waals surface area contributed by atoms with Gasteiger partial charge in [0.05, 0.1) is 13.2 Å². The molecule has 4 heteroatoms. The number of benzene rings is 2. The van der Waals surface area contributed by atoms with Gasteiger partial charge in [0.25, 0.3) is 0 Å². The topological polar surface area (TPSA) is 40.0 Å². The molecule has 0 saturated carbocycles. The summed E-state index contributed by atoms with van der Waals surface area (Å²) < 4.78 is 11.2. The van der Waals surface area contributed by atoms with Crippen LogP contribution in [0, 0.1) is 0 Å². The second kappa shape index (κ2) is 6.14. The van der Waals surface area contributed by atoms with Gasteiger partial charge in [-0.25, -0.2) is 4.79 Å². The average Bonchev–Trinajstić information content (AvgIpc) is 2.90. The molecule has 1 aliphatic carbocycles. The van der Waals surface area contributed by atoms with E-state index in [2.05, 4.69) is 24.3 Å². The lowest BCUT2D eigenvalue weighted by atomic mass is 10.1. The number of fused-ring (bicyclic) bond motifs is 3. The first kappa shape index (κ1) is 14.4. The highest BCUT2D eigenvalue weighted by Gasteiger charge is 2.32. The Kier molecular flexibility index (Phi) is 3.85. The highest BCUT2D eigenvalue weighted by atomic mass is 16.5. The van der Waals surface area contributed by atoms with Crippen molar-refractivity contribution >= 4 is 5.97 Å². The molecular formula is C19H20NO3+. The molecule has 0 aromatic heterocycles. The fraction of sp³-hybridized carbons (Fsp3) is 0.316. The van der Waals surface area contributed by atoms with E-state index in [1.54, 1.807) is 0 Å². The molecule has 1 heterocycles. The fourth-order valence-electron chi connectivity index (χ4n) is 3.45. The Bertz CT molecular complexity index is 677. The highest BCUT2D eigenvalue weighted by molar-refractivity contribution is 5.80. The molecule has 4 rings (SSSR count). The quantitative estimate of drug-likeness (QED) is 0.867. The van der Waals surface area contributed by atoms with Crippen molar-refractivity contribution in [3.05, 3.63) is 59.7 Å². The van der Waals surface area contributed by atoms with Crippen LogP contribution < -0.4 is 4.90 Å². The molecule has 0 amide bonds. The second-order valence-electron chi connectivity index (χ2n) is 6.08. The maximum atomic E-state index is 12.4. The zero-order valence-electron chi connectivity index (χ0n) is 13.0. The number of carbonyl (C=O) groups is 1. The predicted octanol–water partition coefficient (Wildman–Crippen LogP) is 1.21. The molecule has 23 heavy (non-hydrogen) atoms. The van der Waals surface area contributed by atoms with Gasteiger partial charge in [-0.15, -0.1) is 0 Å². The van der Waals surface area contributed by atoms with Crippen LogP contribution in [0.5, 0.6) is 0 Å². The van der Waals surface area contributed by atoms with Crippen molar-refractivity contribution in [3.63, 3.8) is 0 Å².